The zero-order valence-electron chi connectivity index (χ0n) is 12.5. The van der Waals surface area contributed by atoms with Gasteiger partial charge in [0.2, 0.25) is 5.91 Å². The van der Waals surface area contributed by atoms with Crippen LogP contribution in [0.5, 0.6) is 0 Å². The van der Waals surface area contributed by atoms with Crippen LogP contribution in [0, 0.1) is 11.2 Å². The molecule has 0 unspecified atom stereocenters. The molecule has 0 atom stereocenters. The number of carbonyl (C=O) groups is 1. The number of hydrogen-bond donors (Lipinski definition) is 2. The third-order valence-electron chi connectivity index (χ3n) is 4.53. The predicted octanol–water partition coefficient (Wildman–Crippen LogP) is 2.78. The Morgan fingerprint density at radius 2 is 1.86 bits per heavy atom. The van der Waals surface area contributed by atoms with Crippen molar-refractivity contribution in [1.29, 1.82) is 0 Å². The average Bonchev–Trinajstić information content (AvgIpc) is 2.50. The Hall–Kier alpha value is -1.42. The number of carbonyl (C=O) groups excluding carboxylic acids is 1. The van der Waals surface area contributed by atoms with Gasteiger partial charge in [-0.15, -0.1) is 0 Å². The lowest BCUT2D eigenvalue weighted by Crippen LogP contribution is -2.39. The third-order valence-corrected chi connectivity index (χ3v) is 4.53. The van der Waals surface area contributed by atoms with Crippen LogP contribution in [0.1, 0.15) is 44.1 Å². The van der Waals surface area contributed by atoms with Crippen molar-refractivity contribution >= 4 is 5.91 Å². The van der Waals surface area contributed by atoms with Gasteiger partial charge in [-0.1, -0.05) is 31.4 Å². The summed E-state index contributed by atoms with van der Waals surface area (Å²) < 4.78 is 12.8. The molecule has 1 amide bonds. The first kappa shape index (κ1) is 16.0. The zero-order valence-corrected chi connectivity index (χ0v) is 12.5. The Morgan fingerprint density at radius 1 is 1.19 bits per heavy atom. The molecule has 0 spiro atoms. The zero-order chi connectivity index (χ0) is 15.1. The standard InChI is InChI=1S/C17H25FN2O/c18-15-6-4-14(5-7-15)8-11-20-16(21)12-17(13-19)9-2-1-3-10-17/h4-7H,1-3,8-13,19H2,(H,20,21). The third kappa shape index (κ3) is 4.81. The molecule has 2 rings (SSSR count). The highest BCUT2D eigenvalue weighted by atomic mass is 19.1. The van der Waals surface area contributed by atoms with Gasteiger partial charge in [0, 0.05) is 13.0 Å². The van der Waals surface area contributed by atoms with Gasteiger partial charge in [0.1, 0.15) is 5.82 Å². The van der Waals surface area contributed by atoms with E-state index in [0.29, 0.717) is 19.5 Å². The van der Waals surface area contributed by atoms with Crippen molar-refractivity contribution in [3.63, 3.8) is 0 Å². The summed E-state index contributed by atoms with van der Waals surface area (Å²) in [6.07, 6.45) is 7.01. The molecule has 4 heteroatoms. The van der Waals surface area contributed by atoms with Gasteiger partial charge in [-0.05, 0) is 48.9 Å². The molecule has 1 aliphatic rings. The van der Waals surface area contributed by atoms with E-state index in [1.807, 2.05) is 0 Å². The molecular weight excluding hydrogens is 267 g/mol. The van der Waals surface area contributed by atoms with Crippen LogP contribution in [0.15, 0.2) is 24.3 Å². The number of hydrogen-bond acceptors (Lipinski definition) is 2. The highest BCUT2D eigenvalue weighted by Gasteiger charge is 2.32. The molecule has 0 bridgehead atoms. The SMILES string of the molecule is NCC1(CC(=O)NCCc2ccc(F)cc2)CCCCC1. The van der Waals surface area contributed by atoms with Crippen LogP contribution in [0.4, 0.5) is 4.39 Å². The number of nitrogens with one attached hydrogen (secondary N) is 1. The molecule has 1 saturated carbocycles. The van der Waals surface area contributed by atoms with E-state index in [4.69, 9.17) is 5.73 Å². The number of nitrogens with two attached hydrogens (primary N) is 1. The summed E-state index contributed by atoms with van der Waals surface area (Å²) in [6.45, 7) is 1.18. The summed E-state index contributed by atoms with van der Waals surface area (Å²) in [6, 6.07) is 6.40. The van der Waals surface area contributed by atoms with Crippen LogP contribution in [-0.4, -0.2) is 19.0 Å². The summed E-state index contributed by atoms with van der Waals surface area (Å²) in [7, 11) is 0. The van der Waals surface area contributed by atoms with E-state index in [1.165, 1.54) is 31.4 Å². The van der Waals surface area contributed by atoms with Crippen molar-refractivity contribution < 1.29 is 9.18 Å². The topological polar surface area (TPSA) is 55.1 Å². The fourth-order valence-electron chi connectivity index (χ4n) is 3.16. The molecule has 0 aliphatic heterocycles. The molecule has 0 heterocycles. The monoisotopic (exact) mass is 292 g/mol. The van der Waals surface area contributed by atoms with Gasteiger partial charge in [0.05, 0.1) is 0 Å². The van der Waals surface area contributed by atoms with E-state index in [1.54, 1.807) is 12.1 Å². The molecule has 0 saturated heterocycles. The van der Waals surface area contributed by atoms with Crippen molar-refractivity contribution in [1.82, 2.24) is 5.32 Å². The largest absolute Gasteiger partial charge is 0.356 e. The van der Waals surface area contributed by atoms with Gasteiger partial charge in [-0.3, -0.25) is 4.79 Å². The minimum atomic E-state index is -0.232. The fraction of sp³-hybridized carbons (Fsp3) is 0.588. The molecular formula is C17H25FN2O. The van der Waals surface area contributed by atoms with E-state index in [9.17, 15) is 9.18 Å². The van der Waals surface area contributed by atoms with Crippen LogP contribution in [-0.2, 0) is 11.2 Å². The first-order valence-corrected chi connectivity index (χ1v) is 7.85. The second-order valence-corrected chi connectivity index (χ2v) is 6.17. The molecule has 1 aromatic rings. The lowest BCUT2D eigenvalue weighted by molar-refractivity contribution is -0.123. The first-order valence-electron chi connectivity index (χ1n) is 7.85. The molecule has 0 aromatic heterocycles. The van der Waals surface area contributed by atoms with Crippen molar-refractivity contribution in [3.05, 3.63) is 35.6 Å². The molecule has 3 nitrogen and oxygen atoms in total. The number of benzene rings is 1. The van der Waals surface area contributed by atoms with E-state index in [0.717, 1.165) is 24.8 Å². The Kier molecular flexibility index (Phi) is 5.74. The van der Waals surface area contributed by atoms with Crippen LogP contribution in [0.2, 0.25) is 0 Å². The van der Waals surface area contributed by atoms with Gasteiger partial charge >= 0.3 is 0 Å². The van der Waals surface area contributed by atoms with Crippen molar-refractivity contribution in [3.8, 4) is 0 Å². The van der Waals surface area contributed by atoms with Gasteiger partial charge in [0.15, 0.2) is 0 Å². The quantitative estimate of drug-likeness (QED) is 0.847. The van der Waals surface area contributed by atoms with Crippen LogP contribution in [0.25, 0.3) is 0 Å². The maximum atomic E-state index is 12.8. The number of halogens is 1. The summed E-state index contributed by atoms with van der Waals surface area (Å²) in [5.74, 6) is -0.144. The summed E-state index contributed by atoms with van der Waals surface area (Å²) >= 11 is 0. The molecule has 1 aliphatic carbocycles. The second kappa shape index (κ2) is 7.55. The molecule has 116 valence electrons. The maximum Gasteiger partial charge on any atom is 0.220 e. The van der Waals surface area contributed by atoms with Crippen molar-refractivity contribution in [2.24, 2.45) is 11.1 Å². The Labute approximate surface area is 126 Å². The Bertz CT molecular complexity index is 452. The average molecular weight is 292 g/mol. The van der Waals surface area contributed by atoms with Crippen LogP contribution < -0.4 is 11.1 Å². The van der Waals surface area contributed by atoms with Crippen LogP contribution in [0.3, 0.4) is 0 Å². The van der Waals surface area contributed by atoms with Gasteiger partial charge in [-0.2, -0.15) is 0 Å². The minimum Gasteiger partial charge on any atom is -0.356 e. The van der Waals surface area contributed by atoms with Crippen molar-refractivity contribution in [2.45, 2.75) is 44.9 Å². The predicted molar refractivity (Wildman–Crippen MR) is 82.3 cm³/mol. The highest BCUT2D eigenvalue weighted by Crippen LogP contribution is 2.38. The molecule has 21 heavy (non-hydrogen) atoms. The van der Waals surface area contributed by atoms with Gasteiger partial charge < -0.3 is 11.1 Å². The smallest absolute Gasteiger partial charge is 0.220 e. The van der Waals surface area contributed by atoms with E-state index >= 15 is 0 Å². The molecule has 1 fully saturated rings. The minimum absolute atomic E-state index is 0.0121. The summed E-state index contributed by atoms with van der Waals surface area (Å²) in [4.78, 5) is 12.1. The first-order chi connectivity index (χ1) is 10.1. The Balaban J connectivity index is 1.75. The fourth-order valence-corrected chi connectivity index (χ4v) is 3.16. The molecule has 1 aromatic carbocycles. The van der Waals surface area contributed by atoms with E-state index in [2.05, 4.69) is 5.32 Å². The summed E-state index contributed by atoms with van der Waals surface area (Å²) in [5.41, 5.74) is 6.95. The lowest BCUT2D eigenvalue weighted by atomic mass is 9.71. The maximum absolute atomic E-state index is 12.8. The van der Waals surface area contributed by atoms with Gasteiger partial charge in [-0.25, -0.2) is 4.39 Å². The summed E-state index contributed by atoms with van der Waals surface area (Å²) in [5, 5.41) is 2.96. The normalized spacial score (nSPS) is 17.4. The Morgan fingerprint density at radius 3 is 2.48 bits per heavy atom. The van der Waals surface area contributed by atoms with Crippen LogP contribution >= 0.6 is 0 Å². The van der Waals surface area contributed by atoms with Crippen molar-refractivity contribution in [2.75, 3.05) is 13.1 Å². The van der Waals surface area contributed by atoms with Gasteiger partial charge in [0.25, 0.3) is 0 Å². The lowest BCUT2D eigenvalue weighted by Gasteiger charge is -2.35. The van der Waals surface area contributed by atoms with E-state index < -0.39 is 0 Å². The number of amides is 1. The second-order valence-electron chi connectivity index (χ2n) is 6.17. The molecule has 3 N–H and O–H groups in total. The number of rotatable bonds is 6. The highest BCUT2D eigenvalue weighted by molar-refractivity contribution is 5.76. The molecule has 0 radical (unpaired) electrons. The van der Waals surface area contributed by atoms with E-state index in [-0.39, 0.29) is 17.1 Å².